The van der Waals surface area contributed by atoms with Crippen LogP contribution in [0.5, 0.6) is 0 Å². The van der Waals surface area contributed by atoms with Crippen LogP contribution in [-0.2, 0) is 6.42 Å². The van der Waals surface area contributed by atoms with E-state index in [2.05, 4.69) is 44.7 Å². The van der Waals surface area contributed by atoms with Gasteiger partial charge in [0, 0.05) is 5.39 Å². The van der Waals surface area contributed by atoms with Gasteiger partial charge in [0.05, 0.1) is 11.2 Å². The van der Waals surface area contributed by atoms with Crippen LogP contribution in [0.1, 0.15) is 17.7 Å². The molecule has 1 aromatic carbocycles. The van der Waals surface area contributed by atoms with Gasteiger partial charge in [-0.15, -0.1) is 0 Å². The number of benzene rings is 1. The molecule has 0 unspecified atom stereocenters. The summed E-state index contributed by atoms with van der Waals surface area (Å²) in [5, 5.41) is 11.2. The van der Waals surface area contributed by atoms with Gasteiger partial charge in [-0.3, -0.25) is 5.10 Å². The lowest BCUT2D eigenvalue weighted by Crippen LogP contribution is -1.89. The molecule has 4 heteroatoms. The van der Waals surface area contributed by atoms with Gasteiger partial charge in [0.25, 0.3) is 0 Å². The largest absolute Gasteiger partial charge is 0.283 e. The normalized spacial score (nSPS) is 14.8. The van der Waals surface area contributed by atoms with Gasteiger partial charge in [-0.25, -0.2) is 10.2 Å². The van der Waals surface area contributed by atoms with Gasteiger partial charge in [0.15, 0.2) is 0 Å². The number of aromatic nitrogens is 4. The highest BCUT2D eigenvalue weighted by Crippen LogP contribution is 2.30. The Balaban J connectivity index is 2.23. The van der Waals surface area contributed by atoms with Crippen molar-refractivity contribution in [2.45, 2.75) is 12.8 Å². The molecule has 0 radical (unpaired) electrons. The van der Waals surface area contributed by atoms with Crippen LogP contribution in [0.25, 0.3) is 28.0 Å². The molecule has 2 aromatic heterocycles. The van der Waals surface area contributed by atoms with Gasteiger partial charge in [-0.05, 0) is 30.5 Å². The first-order valence-corrected chi connectivity index (χ1v) is 5.44. The van der Waals surface area contributed by atoms with Crippen LogP contribution in [0.2, 0.25) is 0 Å². The second kappa shape index (κ2) is 2.72. The number of rotatable bonds is 0. The Kier molecular flexibility index (Phi) is 1.38. The molecule has 4 rings (SSSR count). The number of fused-ring (bicyclic) bond motifs is 5. The zero-order valence-corrected chi connectivity index (χ0v) is 8.62. The zero-order chi connectivity index (χ0) is 10.5. The number of hydrogen-bond donors (Lipinski definition) is 2. The number of aromatic amines is 2. The van der Waals surface area contributed by atoms with Crippen LogP contribution in [0.15, 0.2) is 18.2 Å². The SMILES string of the molecule is C1=Cc2nc3c(ccc4[nH][nH]nc43)c2CC1. The third kappa shape index (κ3) is 0.888. The number of aryl methyl sites for hydroxylation is 1. The fourth-order valence-electron chi connectivity index (χ4n) is 2.44. The maximum Gasteiger partial charge on any atom is 0.136 e. The van der Waals surface area contributed by atoms with Gasteiger partial charge in [0.2, 0.25) is 0 Å². The number of nitrogens with zero attached hydrogens (tertiary/aromatic N) is 2. The summed E-state index contributed by atoms with van der Waals surface area (Å²) in [4.78, 5) is 4.66. The Morgan fingerprint density at radius 3 is 3.19 bits per heavy atom. The Labute approximate surface area is 91.4 Å². The first-order chi connectivity index (χ1) is 7.93. The summed E-state index contributed by atoms with van der Waals surface area (Å²) in [6.07, 6.45) is 6.49. The van der Waals surface area contributed by atoms with Crippen LogP contribution >= 0.6 is 0 Å². The Morgan fingerprint density at radius 1 is 1.19 bits per heavy atom. The van der Waals surface area contributed by atoms with E-state index in [9.17, 15) is 0 Å². The first-order valence-electron chi connectivity index (χ1n) is 5.44. The molecule has 0 amide bonds. The van der Waals surface area contributed by atoms with E-state index in [-0.39, 0.29) is 0 Å². The van der Waals surface area contributed by atoms with E-state index in [0.717, 1.165) is 35.1 Å². The van der Waals surface area contributed by atoms with Crippen molar-refractivity contribution < 1.29 is 0 Å². The average Bonchev–Trinajstić information content (AvgIpc) is 2.92. The van der Waals surface area contributed by atoms with Crippen LogP contribution in [-0.4, -0.2) is 20.4 Å². The Bertz CT molecular complexity index is 717. The van der Waals surface area contributed by atoms with Crippen molar-refractivity contribution in [1.82, 2.24) is 20.4 Å². The maximum atomic E-state index is 4.66. The van der Waals surface area contributed by atoms with E-state index in [1.54, 1.807) is 0 Å². The molecule has 0 bridgehead atoms. The summed E-state index contributed by atoms with van der Waals surface area (Å²) in [5.41, 5.74) is 5.41. The summed E-state index contributed by atoms with van der Waals surface area (Å²) >= 11 is 0. The highest BCUT2D eigenvalue weighted by atomic mass is 15.3. The molecule has 0 saturated carbocycles. The predicted octanol–water partition coefficient (Wildman–Crippen LogP) is 2.40. The van der Waals surface area contributed by atoms with Crippen molar-refractivity contribution in [2.24, 2.45) is 0 Å². The van der Waals surface area contributed by atoms with E-state index in [1.807, 2.05) is 0 Å². The third-order valence-electron chi connectivity index (χ3n) is 3.21. The van der Waals surface area contributed by atoms with E-state index >= 15 is 0 Å². The fourth-order valence-corrected chi connectivity index (χ4v) is 2.44. The standard InChI is InChI=1S/C12H10N4/c1-2-4-9-7(3-1)8-5-6-10-12(11(8)13-9)15-16-14-10/h2,4-6,14,16H,1,3H2. The fraction of sp³-hybridized carbons (Fsp3) is 0.167. The Hall–Kier alpha value is -2.10. The van der Waals surface area contributed by atoms with Crippen molar-refractivity contribution in [3.8, 4) is 0 Å². The zero-order valence-electron chi connectivity index (χ0n) is 8.62. The molecule has 2 N–H and O–H groups in total. The number of allylic oxidation sites excluding steroid dienone is 1. The molecule has 1 aliphatic carbocycles. The molecule has 78 valence electrons. The van der Waals surface area contributed by atoms with Crippen molar-refractivity contribution in [3.63, 3.8) is 0 Å². The highest BCUT2D eigenvalue weighted by molar-refractivity contribution is 6.04. The van der Waals surface area contributed by atoms with Gasteiger partial charge in [-0.2, -0.15) is 5.10 Å². The van der Waals surface area contributed by atoms with Crippen LogP contribution in [0, 0.1) is 0 Å². The quantitative estimate of drug-likeness (QED) is 0.598. The van der Waals surface area contributed by atoms with Gasteiger partial charge in [0.1, 0.15) is 11.0 Å². The maximum absolute atomic E-state index is 4.66. The predicted molar refractivity (Wildman–Crippen MR) is 63.1 cm³/mol. The lowest BCUT2D eigenvalue weighted by Gasteiger charge is -2.02. The smallest absolute Gasteiger partial charge is 0.136 e. The lowest BCUT2D eigenvalue weighted by atomic mass is 10.0. The molecule has 0 aliphatic heterocycles. The lowest BCUT2D eigenvalue weighted by molar-refractivity contribution is 0.960. The van der Waals surface area contributed by atoms with E-state index in [0.29, 0.717) is 0 Å². The molecule has 4 nitrogen and oxygen atoms in total. The van der Waals surface area contributed by atoms with Gasteiger partial charge < -0.3 is 0 Å². The summed E-state index contributed by atoms with van der Waals surface area (Å²) in [6.45, 7) is 0. The minimum absolute atomic E-state index is 0.931. The second-order valence-corrected chi connectivity index (χ2v) is 4.12. The minimum atomic E-state index is 0.931. The number of H-pyrrole nitrogens is 2. The van der Waals surface area contributed by atoms with E-state index < -0.39 is 0 Å². The molecule has 3 aromatic rings. The van der Waals surface area contributed by atoms with E-state index in [4.69, 9.17) is 0 Å². The molecule has 16 heavy (non-hydrogen) atoms. The Morgan fingerprint density at radius 2 is 2.19 bits per heavy atom. The molecular weight excluding hydrogens is 200 g/mol. The molecule has 0 spiro atoms. The van der Waals surface area contributed by atoms with Crippen molar-refractivity contribution in [3.05, 3.63) is 29.5 Å². The van der Waals surface area contributed by atoms with Crippen LogP contribution in [0.4, 0.5) is 0 Å². The molecule has 0 saturated heterocycles. The third-order valence-corrected chi connectivity index (χ3v) is 3.21. The minimum Gasteiger partial charge on any atom is -0.283 e. The summed E-state index contributed by atoms with van der Waals surface area (Å²) in [7, 11) is 0. The van der Waals surface area contributed by atoms with Gasteiger partial charge in [-0.1, -0.05) is 12.1 Å². The highest BCUT2D eigenvalue weighted by Gasteiger charge is 2.15. The molecule has 0 atom stereocenters. The summed E-state index contributed by atoms with van der Waals surface area (Å²) in [6, 6.07) is 4.19. The van der Waals surface area contributed by atoms with Crippen LogP contribution in [0.3, 0.4) is 0 Å². The van der Waals surface area contributed by atoms with Gasteiger partial charge >= 0.3 is 0 Å². The van der Waals surface area contributed by atoms with Crippen molar-refractivity contribution in [1.29, 1.82) is 0 Å². The number of hydrogen-bond acceptors (Lipinski definition) is 2. The van der Waals surface area contributed by atoms with Crippen LogP contribution < -0.4 is 0 Å². The second-order valence-electron chi connectivity index (χ2n) is 4.12. The molecule has 2 heterocycles. The molecule has 0 fully saturated rings. The summed E-state index contributed by atoms with van der Waals surface area (Å²) in [5.74, 6) is 0. The average molecular weight is 210 g/mol. The molecular formula is C12H10N4. The first kappa shape index (κ1) is 8.10. The number of nitrogens with one attached hydrogen (secondary N) is 2. The molecule has 1 aliphatic rings. The topological polar surface area (TPSA) is 57.4 Å². The van der Waals surface area contributed by atoms with Crippen molar-refractivity contribution in [2.75, 3.05) is 0 Å². The van der Waals surface area contributed by atoms with Crippen molar-refractivity contribution >= 4 is 28.0 Å². The summed E-state index contributed by atoms with van der Waals surface area (Å²) < 4.78 is 0. The van der Waals surface area contributed by atoms with E-state index in [1.165, 1.54) is 10.9 Å². The monoisotopic (exact) mass is 210 g/mol.